The molecule has 5 heteroatoms. The number of anilines is 1. The van der Waals surface area contributed by atoms with E-state index >= 15 is 0 Å². The molecule has 1 unspecified atom stereocenters. The number of aliphatic hydroxyl groups is 1. The second-order valence-electron chi connectivity index (χ2n) is 4.20. The molecular weight excluding hydrogens is 223 g/mol. The van der Waals surface area contributed by atoms with Gasteiger partial charge in [-0.1, -0.05) is 6.07 Å². The van der Waals surface area contributed by atoms with Crippen LogP contribution in [0.4, 0.5) is 10.1 Å². The maximum atomic E-state index is 13.1. The molecule has 1 fully saturated rings. The highest BCUT2D eigenvalue weighted by atomic mass is 19.1. The van der Waals surface area contributed by atoms with Gasteiger partial charge in [0.05, 0.1) is 11.8 Å². The van der Waals surface area contributed by atoms with E-state index in [0.717, 1.165) is 0 Å². The van der Waals surface area contributed by atoms with E-state index in [4.69, 9.17) is 0 Å². The normalized spacial score (nSPS) is 18.8. The number of hydrogen-bond acceptors (Lipinski definition) is 3. The van der Waals surface area contributed by atoms with Gasteiger partial charge < -0.3 is 5.11 Å². The number of hydrazine groups is 1. The Morgan fingerprint density at radius 2 is 2.29 bits per heavy atom. The summed E-state index contributed by atoms with van der Waals surface area (Å²) in [5.41, 5.74) is 0.508. The van der Waals surface area contributed by atoms with E-state index in [0.29, 0.717) is 25.2 Å². The lowest BCUT2D eigenvalue weighted by Crippen LogP contribution is -2.42. The average molecular weight is 238 g/mol. The van der Waals surface area contributed by atoms with Crippen molar-refractivity contribution >= 4 is 11.6 Å². The van der Waals surface area contributed by atoms with E-state index < -0.39 is 6.10 Å². The van der Waals surface area contributed by atoms with Crippen LogP contribution in [0, 0.1) is 5.82 Å². The standard InChI is InChI=1S/C12H15FN2O2/c1-9(16)8-14-6-5-12(17)15(14)11-4-2-3-10(13)7-11/h2-4,7,9,16H,5-6,8H2,1H3. The summed E-state index contributed by atoms with van der Waals surface area (Å²) >= 11 is 0. The Balaban J connectivity index is 2.24. The summed E-state index contributed by atoms with van der Waals surface area (Å²) in [6.07, 6.45) is -0.138. The summed E-state index contributed by atoms with van der Waals surface area (Å²) in [6.45, 7) is 2.58. The van der Waals surface area contributed by atoms with Crippen LogP contribution in [0.3, 0.4) is 0 Å². The molecule has 1 atom stereocenters. The molecule has 0 spiro atoms. The number of benzene rings is 1. The molecular formula is C12H15FN2O2. The van der Waals surface area contributed by atoms with Gasteiger partial charge in [-0.3, -0.25) is 4.79 Å². The van der Waals surface area contributed by atoms with Crippen LogP contribution in [0.1, 0.15) is 13.3 Å². The summed E-state index contributed by atoms with van der Waals surface area (Å²) in [7, 11) is 0. The molecule has 1 saturated heterocycles. The number of halogens is 1. The third-order valence-electron chi connectivity index (χ3n) is 2.63. The van der Waals surface area contributed by atoms with Gasteiger partial charge in [-0.05, 0) is 25.1 Å². The summed E-state index contributed by atoms with van der Waals surface area (Å²) < 4.78 is 13.1. The molecule has 17 heavy (non-hydrogen) atoms. The second-order valence-corrected chi connectivity index (χ2v) is 4.20. The first-order chi connectivity index (χ1) is 8.08. The summed E-state index contributed by atoms with van der Waals surface area (Å²) in [6, 6.07) is 5.90. The minimum Gasteiger partial charge on any atom is -0.392 e. The van der Waals surface area contributed by atoms with Crippen LogP contribution in [0.25, 0.3) is 0 Å². The Labute approximate surface area is 99.2 Å². The number of hydrogen-bond donors (Lipinski definition) is 1. The molecule has 1 aromatic rings. The molecule has 1 N–H and O–H groups in total. The van der Waals surface area contributed by atoms with Crippen molar-refractivity contribution in [3.05, 3.63) is 30.1 Å². The van der Waals surface area contributed by atoms with Crippen LogP contribution in [-0.4, -0.2) is 35.2 Å². The maximum absolute atomic E-state index is 13.1. The Kier molecular flexibility index (Phi) is 3.40. The minimum atomic E-state index is -0.531. The van der Waals surface area contributed by atoms with E-state index in [2.05, 4.69) is 0 Å². The van der Waals surface area contributed by atoms with Crippen molar-refractivity contribution in [2.75, 3.05) is 18.1 Å². The van der Waals surface area contributed by atoms with Crippen LogP contribution in [-0.2, 0) is 4.79 Å². The molecule has 1 amide bonds. The number of carbonyl (C=O) groups is 1. The highest BCUT2D eigenvalue weighted by Gasteiger charge is 2.30. The zero-order chi connectivity index (χ0) is 12.4. The first-order valence-corrected chi connectivity index (χ1v) is 5.59. The number of aliphatic hydroxyl groups excluding tert-OH is 1. The fourth-order valence-corrected chi connectivity index (χ4v) is 1.98. The third kappa shape index (κ3) is 2.62. The summed E-state index contributed by atoms with van der Waals surface area (Å²) in [5, 5.41) is 12.5. The molecule has 2 rings (SSSR count). The van der Waals surface area contributed by atoms with Crippen molar-refractivity contribution in [2.24, 2.45) is 0 Å². The van der Waals surface area contributed by atoms with Crippen molar-refractivity contribution in [3.63, 3.8) is 0 Å². The molecule has 4 nitrogen and oxygen atoms in total. The van der Waals surface area contributed by atoms with Gasteiger partial charge in [0.15, 0.2) is 0 Å². The zero-order valence-electron chi connectivity index (χ0n) is 9.64. The molecule has 0 aromatic heterocycles. The molecule has 0 radical (unpaired) electrons. The highest BCUT2D eigenvalue weighted by Crippen LogP contribution is 2.23. The Bertz CT molecular complexity index is 423. The lowest BCUT2D eigenvalue weighted by Gasteiger charge is -2.28. The molecule has 0 saturated carbocycles. The number of β-amino-alcohol motifs (C(OH)–C–C–N with tert-alkyl or cyclic N) is 1. The molecule has 92 valence electrons. The van der Waals surface area contributed by atoms with Crippen molar-refractivity contribution in [2.45, 2.75) is 19.4 Å². The lowest BCUT2D eigenvalue weighted by molar-refractivity contribution is -0.118. The molecule has 1 heterocycles. The van der Waals surface area contributed by atoms with E-state index in [1.54, 1.807) is 24.1 Å². The first kappa shape index (κ1) is 12.0. The first-order valence-electron chi connectivity index (χ1n) is 5.59. The predicted octanol–water partition coefficient (Wildman–Crippen LogP) is 1.16. The lowest BCUT2D eigenvalue weighted by atomic mass is 10.3. The smallest absolute Gasteiger partial charge is 0.242 e. The minimum absolute atomic E-state index is 0.0729. The number of rotatable bonds is 3. The van der Waals surface area contributed by atoms with Crippen LogP contribution < -0.4 is 5.01 Å². The predicted molar refractivity (Wildman–Crippen MR) is 61.8 cm³/mol. The maximum Gasteiger partial charge on any atom is 0.242 e. The SMILES string of the molecule is CC(O)CN1CCC(=O)N1c1cccc(F)c1. The average Bonchev–Trinajstić information content (AvgIpc) is 2.59. The van der Waals surface area contributed by atoms with E-state index in [9.17, 15) is 14.3 Å². The number of carbonyl (C=O) groups excluding carboxylic acids is 1. The van der Waals surface area contributed by atoms with Gasteiger partial charge in [0.25, 0.3) is 0 Å². The highest BCUT2D eigenvalue weighted by molar-refractivity contribution is 5.94. The Morgan fingerprint density at radius 3 is 2.94 bits per heavy atom. The van der Waals surface area contributed by atoms with Crippen molar-refractivity contribution in [1.82, 2.24) is 5.01 Å². The van der Waals surface area contributed by atoms with Gasteiger partial charge in [-0.15, -0.1) is 0 Å². The van der Waals surface area contributed by atoms with Gasteiger partial charge in [0.2, 0.25) is 5.91 Å². The van der Waals surface area contributed by atoms with Gasteiger partial charge in [0.1, 0.15) is 5.82 Å². The summed E-state index contributed by atoms with van der Waals surface area (Å²) in [4.78, 5) is 11.8. The monoisotopic (exact) mass is 238 g/mol. The largest absolute Gasteiger partial charge is 0.392 e. The summed E-state index contributed by atoms with van der Waals surface area (Å²) in [5.74, 6) is -0.449. The molecule has 1 aromatic carbocycles. The van der Waals surface area contributed by atoms with E-state index in [1.807, 2.05) is 0 Å². The van der Waals surface area contributed by atoms with Crippen molar-refractivity contribution in [1.29, 1.82) is 0 Å². The van der Waals surface area contributed by atoms with Crippen LogP contribution >= 0.6 is 0 Å². The van der Waals surface area contributed by atoms with Crippen LogP contribution in [0.5, 0.6) is 0 Å². The van der Waals surface area contributed by atoms with Gasteiger partial charge >= 0.3 is 0 Å². The zero-order valence-corrected chi connectivity index (χ0v) is 9.64. The fourth-order valence-electron chi connectivity index (χ4n) is 1.98. The van der Waals surface area contributed by atoms with Crippen LogP contribution in [0.2, 0.25) is 0 Å². The number of amides is 1. The van der Waals surface area contributed by atoms with Gasteiger partial charge in [0, 0.05) is 19.5 Å². The number of nitrogens with zero attached hydrogens (tertiary/aromatic N) is 2. The molecule has 1 aliphatic heterocycles. The Morgan fingerprint density at radius 1 is 1.53 bits per heavy atom. The molecule has 0 bridgehead atoms. The topological polar surface area (TPSA) is 43.8 Å². The van der Waals surface area contributed by atoms with Crippen molar-refractivity contribution in [3.8, 4) is 0 Å². The van der Waals surface area contributed by atoms with Crippen LogP contribution in [0.15, 0.2) is 24.3 Å². The molecule has 1 aliphatic rings. The fraction of sp³-hybridized carbons (Fsp3) is 0.417. The Hall–Kier alpha value is -1.46. The van der Waals surface area contributed by atoms with E-state index in [1.165, 1.54) is 17.1 Å². The molecule has 0 aliphatic carbocycles. The third-order valence-corrected chi connectivity index (χ3v) is 2.63. The van der Waals surface area contributed by atoms with Crippen molar-refractivity contribution < 1.29 is 14.3 Å². The van der Waals surface area contributed by atoms with E-state index in [-0.39, 0.29) is 11.7 Å². The quantitative estimate of drug-likeness (QED) is 0.859. The van der Waals surface area contributed by atoms with Gasteiger partial charge in [-0.25, -0.2) is 14.4 Å². The van der Waals surface area contributed by atoms with Gasteiger partial charge in [-0.2, -0.15) is 0 Å². The second kappa shape index (κ2) is 4.81.